The van der Waals surface area contributed by atoms with Crippen LogP contribution in [0.25, 0.3) is 0 Å². The molecule has 0 aliphatic rings. The van der Waals surface area contributed by atoms with Crippen LogP contribution in [0.3, 0.4) is 0 Å². The number of aromatic nitrogens is 6. The standard InChI is InChI=1S/2C16H23N3O3PS.C12H17ClNO3PS.C4H6N2.2CH4.2ClH/c2*1-13(2)21-16(20)14(3)17-23(24,19-11-10-18(4)12-19)22-15-8-6-5-7-9-15;1-9(2)16-12(15)10(3)14-18(13,19)17-11-7-5-4-6-8-11;1-6-3-2-5-4-6;;;;/h2*5-14H,1-4H3,(H,17,24);4-10H,1-3H3,(H,14,19);2-4H,1H3;2*1H4;2*1H/q2*+1;;;;;;/p-2/t14-,23+;14-,23-;10-,18?;;;;;/m000...../s1. The Hall–Kier alpha value is -4.20. The van der Waals surface area contributed by atoms with Crippen molar-refractivity contribution < 1.29 is 76.1 Å². The van der Waals surface area contributed by atoms with Crippen LogP contribution in [0.15, 0.2) is 147 Å². The summed E-state index contributed by atoms with van der Waals surface area (Å²) in [6.45, 7) is 10.4. The first-order chi connectivity index (χ1) is 34.3. The lowest BCUT2D eigenvalue weighted by molar-refractivity contribution is -0.670. The molecule has 6 aromatic rings. The van der Waals surface area contributed by atoms with Crippen molar-refractivity contribution in [2.24, 2.45) is 21.1 Å². The Morgan fingerprint density at radius 2 is 0.857 bits per heavy atom. The largest absolute Gasteiger partial charge is 1.00 e. The quantitative estimate of drug-likeness (QED) is 0.0433. The summed E-state index contributed by atoms with van der Waals surface area (Å²) in [5.74, 6) is -2.06. The Bertz CT molecular complexity index is 2630. The molecular weight excluding hydrogens is 1170 g/mol. The number of hydrogen-bond donors (Lipinski definition) is 3. The number of nitrogens with one attached hydrogen (secondary N) is 3. The lowest BCUT2D eigenvalue weighted by Crippen LogP contribution is -3.00. The SMILES string of the molecule is C.C.CC(C)OC(=O)[C@H](C)NP(=S)(Cl)Oc1ccccc1.CC(C)OC(=O)[C@H](C)N[P@@](=S)(Oc1ccccc1)n1cc[n+](C)c1.CC(C)OC(=O)[C@H](C)N[P@](=S)(Oc1ccccc1)n1cc[n+](C)c1.Cn1ccnc1.[Cl-].[Cl-]. The molecule has 0 saturated carbocycles. The molecule has 3 N–H and O–H groups in total. The number of para-hydroxylation sites is 3. The average Bonchev–Trinajstić information content (AvgIpc) is 4.10. The van der Waals surface area contributed by atoms with E-state index in [0.717, 1.165) is 0 Å². The molecule has 3 aromatic carbocycles. The van der Waals surface area contributed by atoms with Crippen LogP contribution < -0.4 is 62.8 Å². The fraction of sp³-hybridized carbons (Fsp3) is 0.400. The lowest BCUT2D eigenvalue weighted by atomic mass is 10.3. The molecule has 6 rings (SSSR count). The van der Waals surface area contributed by atoms with Crippen LogP contribution in [-0.2, 0) is 85.2 Å². The van der Waals surface area contributed by atoms with Gasteiger partial charge in [0.15, 0.2) is 0 Å². The van der Waals surface area contributed by atoms with Crippen LogP contribution in [0.1, 0.15) is 77.2 Å². The Morgan fingerprint density at radius 1 is 0.545 bits per heavy atom. The normalized spacial score (nSPS) is 13.8. The zero-order valence-electron chi connectivity index (χ0n) is 43.9. The number of aryl methyl sites for hydroxylation is 3. The van der Waals surface area contributed by atoms with E-state index in [1.807, 2.05) is 185 Å². The van der Waals surface area contributed by atoms with Crippen molar-refractivity contribution in [3.8, 4) is 17.2 Å². The number of imidazole rings is 3. The number of benzene rings is 3. The average molecular weight is 1240 g/mol. The summed E-state index contributed by atoms with van der Waals surface area (Å²) in [4.78, 5) is 39.7. The summed E-state index contributed by atoms with van der Waals surface area (Å²) in [6.07, 6.45) is 15.9. The summed E-state index contributed by atoms with van der Waals surface area (Å²) in [5.41, 5.74) is 0. The minimum atomic E-state index is -2.81. The molecule has 0 bridgehead atoms. The monoisotopic (exact) mass is 1240 g/mol. The van der Waals surface area contributed by atoms with Crippen molar-refractivity contribution in [2.45, 2.75) is 114 Å². The van der Waals surface area contributed by atoms with E-state index in [4.69, 9.17) is 74.4 Å². The third-order valence-corrected chi connectivity index (χ3v) is 17.3. The van der Waals surface area contributed by atoms with E-state index in [-0.39, 0.29) is 69.9 Å². The molecule has 27 heteroatoms. The van der Waals surface area contributed by atoms with Gasteiger partial charge >= 0.3 is 31.0 Å². The smallest absolute Gasteiger partial charge is 0.367 e. The third kappa shape index (κ3) is 28.5. The zero-order valence-corrected chi connectivity index (χ0v) is 51.3. The fourth-order valence-electron chi connectivity index (χ4n) is 5.57. The van der Waals surface area contributed by atoms with Crippen LogP contribution >= 0.6 is 30.1 Å². The lowest BCUT2D eigenvalue weighted by Gasteiger charge is -2.23. The molecule has 430 valence electrons. The maximum absolute atomic E-state index is 12.1. The van der Waals surface area contributed by atoms with Gasteiger partial charge in [-0.15, -0.1) is 0 Å². The molecule has 1 unspecified atom stereocenters. The number of halogens is 3. The number of hydrogen-bond acceptors (Lipinski definition) is 13. The van der Waals surface area contributed by atoms with Gasteiger partial charge in [0.05, 0.1) is 38.7 Å². The molecule has 0 saturated heterocycles. The minimum Gasteiger partial charge on any atom is -1.00 e. The van der Waals surface area contributed by atoms with Crippen molar-refractivity contribution in [2.75, 3.05) is 0 Å². The summed E-state index contributed by atoms with van der Waals surface area (Å²) < 4.78 is 42.5. The molecule has 0 spiro atoms. The van der Waals surface area contributed by atoms with Crippen LogP contribution in [0, 0.1) is 0 Å². The first kappa shape index (κ1) is 74.9. The van der Waals surface area contributed by atoms with Gasteiger partial charge in [0.25, 0.3) is 5.77 Å². The molecule has 18 nitrogen and oxygen atoms in total. The van der Waals surface area contributed by atoms with Gasteiger partial charge in [-0.2, -0.15) is 8.68 Å². The second-order valence-corrected chi connectivity index (χ2v) is 28.7. The Kier molecular flexibility index (Phi) is 35.9. The van der Waals surface area contributed by atoms with E-state index in [0.29, 0.717) is 17.2 Å². The summed E-state index contributed by atoms with van der Waals surface area (Å²) in [7, 11) is 5.73. The number of carbonyl (C=O) groups excluding carboxylic acids is 3. The van der Waals surface area contributed by atoms with Crippen LogP contribution in [0.4, 0.5) is 0 Å². The van der Waals surface area contributed by atoms with Gasteiger partial charge in [-0.05, 0) is 122 Å². The number of rotatable bonds is 20. The molecule has 3 heterocycles. The predicted molar refractivity (Wildman–Crippen MR) is 310 cm³/mol. The van der Waals surface area contributed by atoms with Gasteiger partial charge in [0.2, 0.25) is 12.7 Å². The summed E-state index contributed by atoms with van der Waals surface area (Å²) in [6, 6.07) is 25.9. The zero-order chi connectivity index (χ0) is 54.4. The summed E-state index contributed by atoms with van der Waals surface area (Å²) in [5, 5.41) is 9.12. The number of esters is 3. The van der Waals surface area contributed by atoms with E-state index < -0.39 is 43.0 Å². The highest BCUT2D eigenvalue weighted by Crippen LogP contribution is 2.49. The maximum atomic E-state index is 12.1. The van der Waals surface area contributed by atoms with E-state index in [2.05, 4.69) is 20.2 Å². The maximum Gasteiger partial charge on any atom is 0.367 e. The molecule has 0 aliphatic heterocycles. The van der Waals surface area contributed by atoms with E-state index in [1.54, 1.807) is 68.0 Å². The predicted octanol–water partition coefficient (Wildman–Crippen LogP) is 3.95. The topological polar surface area (TPSA) is 178 Å². The molecule has 0 radical (unpaired) electrons. The van der Waals surface area contributed by atoms with E-state index in [1.165, 1.54) is 0 Å². The minimum absolute atomic E-state index is 0. The molecule has 0 aliphatic carbocycles. The van der Waals surface area contributed by atoms with Crippen LogP contribution in [0.5, 0.6) is 17.2 Å². The van der Waals surface area contributed by atoms with E-state index >= 15 is 0 Å². The fourth-order valence-corrected chi connectivity index (χ4v) is 13.7. The molecule has 0 amide bonds. The molecular formula is C50H77Cl3N9O9P3S3. The molecule has 0 fully saturated rings. The Morgan fingerprint density at radius 3 is 1.10 bits per heavy atom. The van der Waals surface area contributed by atoms with Gasteiger partial charge in [-0.25, -0.2) is 29.4 Å². The Labute approximate surface area is 489 Å². The number of carbonyl (C=O) groups is 3. The highest BCUT2D eigenvalue weighted by atomic mass is 35.7. The van der Waals surface area contributed by atoms with Crippen molar-refractivity contribution >= 4 is 83.5 Å². The van der Waals surface area contributed by atoms with Gasteiger partial charge < -0.3 is 57.2 Å². The Balaban J connectivity index is 0. The highest BCUT2D eigenvalue weighted by molar-refractivity contribution is 8.23. The van der Waals surface area contributed by atoms with Gasteiger partial charge in [-0.3, -0.25) is 14.4 Å². The van der Waals surface area contributed by atoms with Gasteiger partial charge in [0.1, 0.15) is 60.2 Å². The highest BCUT2D eigenvalue weighted by Gasteiger charge is 2.35. The van der Waals surface area contributed by atoms with Gasteiger partial charge in [0, 0.05) is 43.1 Å². The second kappa shape index (κ2) is 36.9. The molecule has 3 aromatic heterocycles. The first-order valence-electron chi connectivity index (χ1n) is 23.0. The molecule has 6 atom stereocenters. The van der Waals surface area contributed by atoms with Crippen LogP contribution in [0.2, 0.25) is 0 Å². The van der Waals surface area contributed by atoms with Crippen molar-refractivity contribution in [1.82, 2.24) is 33.5 Å². The molecule has 77 heavy (non-hydrogen) atoms. The van der Waals surface area contributed by atoms with Crippen LogP contribution in [-0.4, -0.2) is 72.6 Å². The van der Waals surface area contributed by atoms with Crippen molar-refractivity contribution in [3.63, 3.8) is 0 Å². The van der Waals surface area contributed by atoms with Crippen molar-refractivity contribution in [1.29, 1.82) is 0 Å². The third-order valence-electron chi connectivity index (χ3n) is 8.84. The van der Waals surface area contributed by atoms with Crippen molar-refractivity contribution in [3.05, 3.63) is 147 Å². The van der Waals surface area contributed by atoms with E-state index in [9.17, 15) is 14.4 Å². The van der Waals surface area contributed by atoms with Gasteiger partial charge in [-0.1, -0.05) is 69.5 Å². The summed E-state index contributed by atoms with van der Waals surface area (Å²) >= 11 is 22.9. The number of nitrogens with zero attached hydrogens (tertiary/aromatic N) is 6. The first-order valence-corrected chi connectivity index (χ1v) is 32.0. The number of ether oxygens (including phenoxy) is 3. The second-order valence-electron chi connectivity index (χ2n) is 16.9.